The van der Waals surface area contributed by atoms with Crippen molar-refractivity contribution >= 4 is 11.8 Å². The molecule has 2 atom stereocenters. The van der Waals surface area contributed by atoms with Crippen LogP contribution in [0.5, 0.6) is 5.75 Å². The number of nitrogens with zero attached hydrogens (tertiary/aromatic N) is 1. The molecule has 2 aromatic rings. The molecule has 5 nitrogen and oxygen atoms in total. The maximum Gasteiger partial charge on any atom is 0.261 e. The predicted octanol–water partition coefficient (Wildman–Crippen LogP) is 3.84. The van der Waals surface area contributed by atoms with Gasteiger partial charge in [-0.25, -0.2) is 4.39 Å². The van der Waals surface area contributed by atoms with E-state index >= 15 is 0 Å². The number of halogens is 1. The van der Waals surface area contributed by atoms with E-state index in [0.29, 0.717) is 5.75 Å². The second-order valence-electron chi connectivity index (χ2n) is 7.24. The molecule has 0 aliphatic carbocycles. The zero-order chi connectivity index (χ0) is 21.4. The minimum atomic E-state index is -0.692. The highest BCUT2D eigenvalue weighted by molar-refractivity contribution is 5.88. The van der Waals surface area contributed by atoms with Gasteiger partial charge < -0.3 is 15.0 Å². The summed E-state index contributed by atoms with van der Waals surface area (Å²) >= 11 is 0. The van der Waals surface area contributed by atoms with Crippen molar-refractivity contribution in [2.75, 3.05) is 6.61 Å². The lowest BCUT2D eigenvalue weighted by Gasteiger charge is -2.29. The van der Waals surface area contributed by atoms with E-state index in [4.69, 9.17) is 4.74 Å². The number of amides is 2. The van der Waals surface area contributed by atoms with Crippen LogP contribution in [-0.2, 0) is 16.1 Å². The van der Waals surface area contributed by atoms with Crippen LogP contribution < -0.4 is 10.1 Å². The minimum absolute atomic E-state index is 0.0107. The molecule has 0 radical (unpaired) electrons. The van der Waals surface area contributed by atoms with Crippen molar-refractivity contribution in [2.45, 2.75) is 52.7 Å². The molecule has 6 heteroatoms. The Bertz CT molecular complexity index is 806. The average Bonchev–Trinajstić information content (AvgIpc) is 2.72. The maximum atomic E-state index is 13.2. The molecule has 0 spiro atoms. The molecule has 0 bridgehead atoms. The van der Waals surface area contributed by atoms with E-state index in [2.05, 4.69) is 5.32 Å². The van der Waals surface area contributed by atoms with Gasteiger partial charge in [0.2, 0.25) is 5.91 Å². The Morgan fingerprint density at radius 1 is 1.07 bits per heavy atom. The molecule has 0 saturated heterocycles. The molecule has 2 aromatic carbocycles. The van der Waals surface area contributed by atoms with Gasteiger partial charge in [0, 0.05) is 12.6 Å². The third-order valence-electron chi connectivity index (χ3n) is 4.82. The monoisotopic (exact) mass is 400 g/mol. The SMILES string of the molecule is CC[C@H](C)NC(=O)[C@H](C)N(Cc1ccc(F)cc1)C(=O)COc1ccc(C)cc1. The second kappa shape index (κ2) is 10.6. The van der Waals surface area contributed by atoms with E-state index < -0.39 is 6.04 Å². The number of rotatable bonds is 9. The molecule has 0 saturated carbocycles. The Labute approximate surface area is 171 Å². The quantitative estimate of drug-likeness (QED) is 0.696. The van der Waals surface area contributed by atoms with E-state index in [1.807, 2.05) is 32.9 Å². The molecule has 156 valence electrons. The number of hydrogen-bond acceptors (Lipinski definition) is 3. The molecule has 0 aromatic heterocycles. The highest BCUT2D eigenvalue weighted by Crippen LogP contribution is 2.14. The smallest absolute Gasteiger partial charge is 0.261 e. The van der Waals surface area contributed by atoms with Gasteiger partial charge in [-0.15, -0.1) is 0 Å². The summed E-state index contributed by atoms with van der Waals surface area (Å²) in [6, 6.07) is 12.6. The minimum Gasteiger partial charge on any atom is -0.484 e. The molecule has 0 aliphatic heterocycles. The molecular weight excluding hydrogens is 371 g/mol. The Morgan fingerprint density at radius 2 is 1.69 bits per heavy atom. The van der Waals surface area contributed by atoms with Crippen LogP contribution >= 0.6 is 0 Å². The van der Waals surface area contributed by atoms with Crippen LogP contribution in [0.3, 0.4) is 0 Å². The fraction of sp³-hybridized carbons (Fsp3) is 0.391. The van der Waals surface area contributed by atoms with Gasteiger partial charge in [-0.2, -0.15) is 0 Å². The largest absolute Gasteiger partial charge is 0.484 e. The van der Waals surface area contributed by atoms with Crippen LogP contribution in [0.15, 0.2) is 48.5 Å². The zero-order valence-electron chi connectivity index (χ0n) is 17.4. The van der Waals surface area contributed by atoms with Gasteiger partial charge in [-0.1, -0.05) is 36.8 Å². The lowest BCUT2D eigenvalue weighted by atomic mass is 10.1. The van der Waals surface area contributed by atoms with Crippen molar-refractivity contribution in [2.24, 2.45) is 0 Å². The number of aryl methyl sites for hydroxylation is 1. The van der Waals surface area contributed by atoms with Gasteiger partial charge >= 0.3 is 0 Å². The standard InChI is InChI=1S/C23H29FN2O3/c1-5-17(3)25-23(28)18(4)26(14-19-8-10-20(24)11-9-19)22(27)15-29-21-12-6-16(2)7-13-21/h6-13,17-18H,5,14-15H2,1-4H3,(H,25,28)/t17-,18-/m0/s1. The molecule has 29 heavy (non-hydrogen) atoms. The van der Waals surface area contributed by atoms with Crippen LogP contribution in [0.25, 0.3) is 0 Å². The number of benzene rings is 2. The summed E-state index contributed by atoms with van der Waals surface area (Å²) in [5.41, 5.74) is 1.83. The zero-order valence-corrected chi connectivity index (χ0v) is 17.4. The fourth-order valence-corrected chi connectivity index (χ4v) is 2.70. The lowest BCUT2D eigenvalue weighted by Crippen LogP contribution is -2.50. The molecule has 0 unspecified atom stereocenters. The molecule has 1 N–H and O–H groups in total. The third kappa shape index (κ3) is 6.89. The summed E-state index contributed by atoms with van der Waals surface area (Å²) < 4.78 is 18.8. The van der Waals surface area contributed by atoms with E-state index in [1.165, 1.54) is 17.0 Å². The summed E-state index contributed by atoms with van der Waals surface area (Å²) in [5.74, 6) is -0.314. The normalized spacial score (nSPS) is 12.7. The van der Waals surface area contributed by atoms with E-state index in [-0.39, 0.29) is 36.8 Å². The Kier molecular flexibility index (Phi) is 8.19. The van der Waals surface area contributed by atoms with Gasteiger partial charge in [0.15, 0.2) is 6.61 Å². The lowest BCUT2D eigenvalue weighted by molar-refractivity contribution is -0.142. The van der Waals surface area contributed by atoms with Crippen molar-refractivity contribution in [1.82, 2.24) is 10.2 Å². The van der Waals surface area contributed by atoms with Crippen molar-refractivity contribution < 1.29 is 18.7 Å². The highest BCUT2D eigenvalue weighted by atomic mass is 19.1. The molecular formula is C23H29FN2O3. The van der Waals surface area contributed by atoms with Crippen molar-refractivity contribution in [3.63, 3.8) is 0 Å². The van der Waals surface area contributed by atoms with Crippen molar-refractivity contribution in [1.29, 1.82) is 0 Å². The third-order valence-corrected chi connectivity index (χ3v) is 4.82. The summed E-state index contributed by atoms with van der Waals surface area (Å²) in [5, 5.41) is 2.91. The Balaban J connectivity index is 2.13. The van der Waals surface area contributed by atoms with E-state index in [1.54, 1.807) is 31.2 Å². The topological polar surface area (TPSA) is 58.6 Å². The summed E-state index contributed by atoms with van der Waals surface area (Å²) in [4.78, 5) is 27.0. The van der Waals surface area contributed by atoms with Crippen molar-refractivity contribution in [3.05, 3.63) is 65.5 Å². The summed E-state index contributed by atoms with van der Waals surface area (Å²) in [6.45, 7) is 7.54. The van der Waals surface area contributed by atoms with Crippen LogP contribution in [-0.4, -0.2) is 35.4 Å². The average molecular weight is 400 g/mol. The molecule has 0 heterocycles. The van der Waals surface area contributed by atoms with E-state index in [9.17, 15) is 14.0 Å². The van der Waals surface area contributed by atoms with Crippen LogP contribution in [0.2, 0.25) is 0 Å². The Hall–Kier alpha value is -2.89. The first-order chi connectivity index (χ1) is 13.8. The number of carbonyl (C=O) groups is 2. The predicted molar refractivity (Wildman–Crippen MR) is 111 cm³/mol. The van der Waals surface area contributed by atoms with E-state index in [0.717, 1.165) is 17.5 Å². The first-order valence-electron chi connectivity index (χ1n) is 9.84. The Morgan fingerprint density at radius 3 is 2.28 bits per heavy atom. The van der Waals surface area contributed by atoms with Gasteiger partial charge in [-0.3, -0.25) is 9.59 Å². The number of ether oxygens (including phenoxy) is 1. The maximum absolute atomic E-state index is 13.2. The fourth-order valence-electron chi connectivity index (χ4n) is 2.70. The number of carbonyl (C=O) groups excluding carboxylic acids is 2. The highest BCUT2D eigenvalue weighted by Gasteiger charge is 2.27. The molecule has 2 rings (SSSR count). The van der Waals surface area contributed by atoms with Crippen molar-refractivity contribution in [3.8, 4) is 5.75 Å². The molecule has 0 fully saturated rings. The molecule has 0 aliphatic rings. The van der Waals surface area contributed by atoms with Gasteiger partial charge in [0.1, 0.15) is 17.6 Å². The van der Waals surface area contributed by atoms with Crippen LogP contribution in [0.1, 0.15) is 38.3 Å². The summed E-state index contributed by atoms with van der Waals surface area (Å²) in [7, 11) is 0. The number of hydrogen-bond donors (Lipinski definition) is 1. The van der Waals surface area contributed by atoms with Crippen LogP contribution in [0, 0.1) is 12.7 Å². The first-order valence-corrected chi connectivity index (χ1v) is 9.84. The number of nitrogens with one attached hydrogen (secondary N) is 1. The second-order valence-corrected chi connectivity index (χ2v) is 7.24. The van der Waals surface area contributed by atoms with Gasteiger partial charge in [0.05, 0.1) is 0 Å². The van der Waals surface area contributed by atoms with Gasteiger partial charge in [-0.05, 0) is 57.0 Å². The first kappa shape index (κ1) is 22.4. The molecule has 2 amide bonds. The summed E-state index contributed by atoms with van der Waals surface area (Å²) in [6.07, 6.45) is 0.793. The van der Waals surface area contributed by atoms with Gasteiger partial charge in [0.25, 0.3) is 5.91 Å². The van der Waals surface area contributed by atoms with Crippen LogP contribution in [0.4, 0.5) is 4.39 Å².